The zero-order valence-electron chi connectivity index (χ0n) is 15.0. The summed E-state index contributed by atoms with van der Waals surface area (Å²) in [5.41, 5.74) is 1.18. The monoisotopic (exact) mass is 315 g/mol. The summed E-state index contributed by atoms with van der Waals surface area (Å²) in [4.78, 5) is 4.07. The Kier molecular flexibility index (Phi) is 5.88. The van der Waals surface area contributed by atoms with E-state index in [2.05, 4.69) is 64.5 Å². The van der Waals surface area contributed by atoms with Crippen LogP contribution < -0.4 is 0 Å². The van der Waals surface area contributed by atoms with Crippen molar-refractivity contribution >= 4 is 0 Å². The SMILES string of the molecule is CC.CCN1CCC(c2ccccc2)(c2nnn(C)n2)C(C)C1. The van der Waals surface area contributed by atoms with Crippen molar-refractivity contribution in [2.24, 2.45) is 13.0 Å². The summed E-state index contributed by atoms with van der Waals surface area (Å²) in [6, 6.07) is 10.7. The molecule has 0 saturated carbocycles. The Morgan fingerprint density at radius 2 is 1.91 bits per heavy atom. The van der Waals surface area contributed by atoms with Crippen LogP contribution in [-0.2, 0) is 12.5 Å². The van der Waals surface area contributed by atoms with Gasteiger partial charge in [-0.2, -0.15) is 4.80 Å². The molecule has 0 radical (unpaired) electrons. The Balaban J connectivity index is 0.000000924. The van der Waals surface area contributed by atoms with Crippen molar-refractivity contribution in [2.75, 3.05) is 19.6 Å². The molecule has 1 aromatic carbocycles. The second kappa shape index (κ2) is 7.68. The third-order valence-electron chi connectivity index (χ3n) is 4.84. The van der Waals surface area contributed by atoms with E-state index in [-0.39, 0.29) is 5.41 Å². The normalized spacial score (nSPS) is 24.8. The quantitative estimate of drug-likeness (QED) is 0.874. The van der Waals surface area contributed by atoms with Gasteiger partial charge in [0.05, 0.1) is 12.5 Å². The number of hydrogen-bond donors (Lipinski definition) is 0. The minimum Gasteiger partial charge on any atom is -0.303 e. The molecule has 1 aromatic heterocycles. The highest BCUT2D eigenvalue weighted by molar-refractivity contribution is 5.34. The topological polar surface area (TPSA) is 46.8 Å². The van der Waals surface area contributed by atoms with Crippen LogP contribution in [0.3, 0.4) is 0 Å². The summed E-state index contributed by atoms with van der Waals surface area (Å²) >= 11 is 0. The molecule has 0 spiro atoms. The number of likely N-dealkylation sites (tertiary alicyclic amines) is 1. The lowest BCUT2D eigenvalue weighted by molar-refractivity contribution is 0.123. The molecule has 23 heavy (non-hydrogen) atoms. The number of rotatable bonds is 3. The summed E-state index contributed by atoms with van der Waals surface area (Å²) in [5.74, 6) is 1.32. The van der Waals surface area contributed by atoms with Crippen molar-refractivity contribution in [3.8, 4) is 0 Å². The van der Waals surface area contributed by atoms with E-state index in [1.807, 2.05) is 20.9 Å². The molecule has 2 unspecified atom stereocenters. The van der Waals surface area contributed by atoms with Crippen molar-refractivity contribution in [3.63, 3.8) is 0 Å². The summed E-state index contributed by atoms with van der Waals surface area (Å²) in [6.45, 7) is 11.8. The highest BCUT2D eigenvalue weighted by Gasteiger charge is 2.46. The molecule has 1 aliphatic heterocycles. The molecule has 0 aliphatic carbocycles. The van der Waals surface area contributed by atoms with E-state index in [4.69, 9.17) is 0 Å². The lowest BCUT2D eigenvalue weighted by atomic mass is 9.66. The van der Waals surface area contributed by atoms with Crippen LogP contribution in [0, 0.1) is 5.92 Å². The maximum Gasteiger partial charge on any atom is 0.185 e. The van der Waals surface area contributed by atoms with Crippen molar-refractivity contribution < 1.29 is 0 Å². The van der Waals surface area contributed by atoms with Gasteiger partial charge in [-0.3, -0.25) is 0 Å². The largest absolute Gasteiger partial charge is 0.303 e. The number of piperidine rings is 1. The predicted octanol–water partition coefficient (Wildman–Crippen LogP) is 2.88. The minimum absolute atomic E-state index is 0.124. The Morgan fingerprint density at radius 3 is 2.43 bits per heavy atom. The number of hydrogen-bond acceptors (Lipinski definition) is 4. The van der Waals surface area contributed by atoms with Crippen LogP contribution in [0.2, 0.25) is 0 Å². The zero-order chi connectivity index (χ0) is 16.9. The third kappa shape index (κ3) is 3.29. The van der Waals surface area contributed by atoms with Crippen molar-refractivity contribution in [2.45, 2.75) is 39.5 Å². The first-order chi connectivity index (χ1) is 11.2. The molecular formula is C18H29N5. The second-order valence-corrected chi connectivity index (χ2v) is 5.98. The van der Waals surface area contributed by atoms with E-state index >= 15 is 0 Å². The van der Waals surface area contributed by atoms with Gasteiger partial charge in [-0.25, -0.2) is 0 Å². The molecule has 126 valence electrons. The average molecular weight is 315 g/mol. The summed E-state index contributed by atoms with van der Waals surface area (Å²) in [7, 11) is 1.83. The van der Waals surface area contributed by atoms with Crippen molar-refractivity contribution in [3.05, 3.63) is 41.7 Å². The van der Waals surface area contributed by atoms with E-state index in [0.717, 1.165) is 31.9 Å². The molecule has 3 rings (SSSR count). The molecule has 5 nitrogen and oxygen atoms in total. The van der Waals surface area contributed by atoms with Gasteiger partial charge in [-0.15, -0.1) is 10.2 Å². The standard InChI is InChI=1S/C16H23N5.C2H6/c1-4-21-11-10-16(13(2)12-21,14-8-6-5-7-9-14)15-17-19-20(3)18-15;1-2/h5-9,13H,4,10-12H2,1-3H3;1-2H3. The summed E-state index contributed by atoms with van der Waals surface area (Å²) < 4.78 is 0. The average Bonchev–Trinajstić information content (AvgIpc) is 3.04. The molecular weight excluding hydrogens is 286 g/mol. The van der Waals surface area contributed by atoms with Crippen molar-refractivity contribution in [1.82, 2.24) is 25.1 Å². The second-order valence-electron chi connectivity index (χ2n) is 5.98. The first-order valence-electron chi connectivity index (χ1n) is 8.69. The van der Waals surface area contributed by atoms with Crippen LogP contribution in [0.4, 0.5) is 0 Å². The molecule has 0 bridgehead atoms. The Labute approximate surface area is 139 Å². The first kappa shape index (κ1) is 17.6. The minimum atomic E-state index is -0.124. The summed E-state index contributed by atoms with van der Waals surface area (Å²) in [6.07, 6.45) is 1.04. The third-order valence-corrected chi connectivity index (χ3v) is 4.84. The molecule has 5 heteroatoms. The van der Waals surface area contributed by atoms with Gasteiger partial charge in [0, 0.05) is 6.54 Å². The van der Waals surface area contributed by atoms with Gasteiger partial charge in [0.25, 0.3) is 0 Å². The predicted molar refractivity (Wildman–Crippen MR) is 93.3 cm³/mol. The Bertz CT molecular complexity index is 594. The van der Waals surface area contributed by atoms with Gasteiger partial charge in [0.1, 0.15) is 0 Å². The van der Waals surface area contributed by atoms with E-state index in [1.165, 1.54) is 5.56 Å². The molecule has 2 atom stereocenters. The van der Waals surface area contributed by atoms with Gasteiger partial charge in [0.2, 0.25) is 0 Å². The number of aryl methyl sites for hydroxylation is 1. The van der Waals surface area contributed by atoms with E-state index in [1.54, 1.807) is 4.80 Å². The smallest absolute Gasteiger partial charge is 0.185 e. The fourth-order valence-corrected chi connectivity index (χ4v) is 3.59. The van der Waals surface area contributed by atoms with Crippen LogP contribution in [0.5, 0.6) is 0 Å². The summed E-state index contributed by atoms with van der Waals surface area (Å²) in [5, 5.41) is 13.0. The van der Waals surface area contributed by atoms with Crippen LogP contribution in [0.1, 0.15) is 45.5 Å². The molecule has 0 N–H and O–H groups in total. The molecule has 1 fully saturated rings. The number of benzene rings is 1. The fourth-order valence-electron chi connectivity index (χ4n) is 3.59. The number of nitrogens with zero attached hydrogens (tertiary/aromatic N) is 5. The molecule has 0 amide bonds. The van der Waals surface area contributed by atoms with Crippen LogP contribution in [-0.4, -0.2) is 44.7 Å². The molecule has 2 heterocycles. The van der Waals surface area contributed by atoms with E-state index in [9.17, 15) is 0 Å². The maximum absolute atomic E-state index is 4.56. The highest BCUT2D eigenvalue weighted by atomic mass is 15.6. The fraction of sp³-hybridized carbons (Fsp3) is 0.611. The first-order valence-corrected chi connectivity index (χ1v) is 8.69. The lowest BCUT2D eigenvalue weighted by Gasteiger charge is -2.45. The Morgan fingerprint density at radius 1 is 1.22 bits per heavy atom. The molecule has 2 aromatic rings. The molecule has 1 saturated heterocycles. The van der Waals surface area contributed by atoms with E-state index in [0.29, 0.717) is 5.92 Å². The number of tetrazole rings is 1. The van der Waals surface area contributed by atoms with Crippen LogP contribution in [0.25, 0.3) is 0 Å². The van der Waals surface area contributed by atoms with Gasteiger partial charge < -0.3 is 4.90 Å². The van der Waals surface area contributed by atoms with Gasteiger partial charge in [0.15, 0.2) is 5.82 Å². The van der Waals surface area contributed by atoms with E-state index < -0.39 is 0 Å². The van der Waals surface area contributed by atoms with Gasteiger partial charge >= 0.3 is 0 Å². The number of aromatic nitrogens is 4. The molecule has 1 aliphatic rings. The lowest BCUT2D eigenvalue weighted by Crippen LogP contribution is -2.50. The van der Waals surface area contributed by atoms with Gasteiger partial charge in [-0.1, -0.05) is 58.0 Å². The zero-order valence-corrected chi connectivity index (χ0v) is 15.0. The van der Waals surface area contributed by atoms with Gasteiger partial charge in [-0.05, 0) is 36.2 Å². The van der Waals surface area contributed by atoms with Crippen LogP contribution in [0.15, 0.2) is 30.3 Å². The van der Waals surface area contributed by atoms with Crippen LogP contribution >= 0.6 is 0 Å². The maximum atomic E-state index is 4.56. The Hall–Kier alpha value is -1.75. The van der Waals surface area contributed by atoms with Crippen molar-refractivity contribution in [1.29, 1.82) is 0 Å². The highest BCUT2D eigenvalue weighted by Crippen LogP contribution is 2.43.